The lowest BCUT2D eigenvalue weighted by atomic mass is 9.98. The number of aliphatic hydroxyl groups excluding tert-OH is 1. The van der Waals surface area contributed by atoms with Crippen molar-refractivity contribution in [3.05, 3.63) is 89.5 Å². The maximum atomic E-state index is 13.3. The molecule has 0 saturated heterocycles. The summed E-state index contributed by atoms with van der Waals surface area (Å²) < 4.78 is 5.41. The summed E-state index contributed by atoms with van der Waals surface area (Å²) in [5, 5.41) is 26.7. The van der Waals surface area contributed by atoms with Crippen LogP contribution in [0.2, 0.25) is 0 Å². The third-order valence-corrected chi connectivity index (χ3v) is 8.90. The number of carbonyl (C=O) groups excluding carboxylic acids is 7. The molecule has 0 bridgehead atoms. The second-order valence-corrected chi connectivity index (χ2v) is 13.4. The molecule has 1 aliphatic carbocycles. The lowest BCUT2D eigenvalue weighted by Gasteiger charge is -2.25. The smallest absolute Gasteiger partial charge is 0.407 e. The van der Waals surface area contributed by atoms with Gasteiger partial charge < -0.3 is 52.8 Å². The van der Waals surface area contributed by atoms with Gasteiger partial charge in [0.15, 0.2) is 0 Å². The predicted octanol–water partition coefficient (Wildman–Crippen LogP) is 0.963. The maximum Gasteiger partial charge on any atom is 0.407 e. The summed E-state index contributed by atoms with van der Waals surface area (Å²) in [6, 6.07) is 19.3. The number of urea groups is 1. The molecule has 10 N–H and O–H groups in total. The summed E-state index contributed by atoms with van der Waals surface area (Å²) in [7, 11) is 0. The van der Waals surface area contributed by atoms with Crippen LogP contribution in [0, 0.1) is 5.92 Å². The van der Waals surface area contributed by atoms with Crippen LogP contribution in [0.3, 0.4) is 0 Å². The molecule has 4 rings (SSSR count). The highest BCUT2D eigenvalue weighted by Crippen LogP contribution is 2.44. The number of amides is 8. The van der Waals surface area contributed by atoms with Gasteiger partial charge in [-0.2, -0.15) is 0 Å². The molecular formula is C39H48N8O9. The number of anilines is 1. The Morgan fingerprint density at radius 3 is 1.86 bits per heavy atom. The van der Waals surface area contributed by atoms with Gasteiger partial charge in [0, 0.05) is 18.2 Å². The topological polar surface area (TPSA) is 259 Å². The molecule has 0 radical (unpaired) electrons. The van der Waals surface area contributed by atoms with E-state index in [2.05, 4.69) is 37.2 Å². The van der Waals surface area contributed by atoms with Crippen molar-refractivity contribution in [3.8, 4) is 11.1 Å². The third-order valence-electron chi connectivity index (χ3n) is 8.90. The molecule has 17 heteroatoms. The number of hydrogen-bond donors (Lipinski definition) is 9. The van der Waals surface area contributed by atoms with E-state index in [4.69, 9.17) is 10.5 Å². The Kier molecular flexibility index (Phi) is 15.7. The van der Waals surface area contributed by atoms with Gasteiger partial charge in [-0.3, -0.25) is 24.0 Å². The molecule has 0 heterocycles. The van der Waals surface area contributed by atoms with Crippen LogP contribution < -0.4 is 43.0 Å². The van der Waals surface area contributed by atoms with Crippen molar-refractivity contribution in [1.82, 2.24) is 31.9 Å². The van der Waals surface area contributed by atoms with Gasteiger partial charge in [-0.05, 0) is 58.7 Å². The van der Waals surface area contributed by atoms with Gasteiger partial charge in [0.05, 0.1) is 19.7 Å². The van der Waals surface area contributed by atoms with Crippen molar-refractivity contribution in [3.63, 3.8) is 0 Å². The zero-order chi connectivity index (χ0) is 40.6. The van der Waals surface area contributed by atoms with Gasteiger partial charge in [-0.1, -0.05) is 74.5 Å². The standard InChI is InChI=1S/C39H48N8O9/c1-23(2)35(37(53)46-31(12-7-17-41-38(40)54)36(52)45-25-15-13-24(21-48)14-16-25)47-34(51)20-43-32(49)18-42-33(50)19-44-39(55)56-22-30-28-10-5-3-8-26(28)27-9-4-6-11-29(27)30/h3-6,8-11,13-16,23,30-31,35,48H,7,12,17-22H2,1-2H3,(H,42,50)(H,43,49)(H,44,55)(H,45,52)(H,46,53)(H,47,51)(H3,40,41,54)/t31-,35-/m0/s1. The zero-order valence-electron chi connectivity index (χ0n) is 31.2. The van der Waals surface area contributed by atoms with Crippen LogP contribution in [0.5, 0.6) is 0 Å². The highest BCUT2D eigenvalue weighted by atomic mass is 16.5. The monoisotopic (exact) mass is 772 g/mol. The van der Waals surface area contributed by atoms with Crippen LogP contribution in [0.1, 0.15) is 49.3 Å². The molecule has 0 aliphatic heterocycles. The predicted molar refractivity (Wildman–Crippen MR) is 206 cm³/mol. The van der Waals surface area contributed by atoms with E-state index in [9.17, 15) is 38.7 Å². The Balaban J connectivity index is 1.18. The van der Waals surface area contributed by atoms with Crippen LogP contribution in [0.15, 0.2) is 72.8 Å². The SMILES string of the molecule is CC(C)[C@H](NC(=O)CNC(=O)CNC(=O)CNC(=O)OCC1c2ccccc2-c2ccccc21)C(=O)N[C@@H](CCCNC(N)=O)C(=O)Nc1ccc(CO)cc1. The molecule has 3 aromatic rings. The Morgan fingerprint density at radius 1 is 0.714 bits per heavy atom. The fraction of sp³-hybridized carbons (Fsp3) is 0.359. The van der Waals surface area contributed by atoms with E-state index in [1.165, 1.54) is 0 Å². The van der Waals surface area contributed by atoms with E-state index >= 15 is 0 Å². The maximum absolute atomic E-state index is 13.3. The summed E-state index contributed by atoms with van der Waals surface area (Å²) >= 11 is 0. The average Bonchev–Trinajstić information content (AvgIpc) is 3.51. The first-order chi connectivity index (χ1) is 26.9. The van der Waals surface area contributed by atoms with Crippen molar-refractivity contribution in [1.29, 1.82) is 0 Å². The number of alkyl carbamates (subject to hydrolysis) is 1. The molecular weight excluding hydrogens is 724 g/mol. The molecule has 2 atom stereocenters. The first-order valence-electron chi connectivity index (χ1n) is 18.1. The average molecular weight is 773 g/mol. The molecule has 8 amide bonds. The number of ether oxygens (including phenoxy) is 1. The minimum atomic E-state index is -1.09. The number of primary amides is 1. The molecule has 17 nitrogen and oxygen atoms in total. The Hall–Kier alpha value is -6.49. The van der Waals surface area contributed by atoms with Gasteiger partial charge >= 0.3 is 12.1 Å². The first-order valence-corrected chi connectivity index (χ1v) is 18.1. The van der Waals surface area contributed by atoms with E-state index in [0.29, 0.717) is 11.3 Å². The number of nitrogens with one attached hydrogen (secondary N) is 7. The van der Waals surface area contributed by atoms with Crippen molar-refractivity contribution >= 4 is 47.3 Å². The van der Waals surface area contributed by atoms with E-state index in [1.807, 2.05) is 48.5 Å². The normalized spacial score (nSPS) is 12.6. The molecule has 56 heavy (non-hydrogen) atoms. The first kappa shape index (κ1) is 42.3. The minimum absolute atomic E-state index is 0.0684. The summed E-state index contributed by atoms with van der Waals surface area (Å²) in [4.78, 5) is 87.4. The number of fused-ring (bicyclic) bond motifs is 3. The Morgan fingerprint density at radius 2 is 1.29 bits per heavy atom. The van der Waals surface area contributed by atoms with E-state index in [-0.39, 0.29) is 38.5 Å². The Labute approximate surface area is 323 Å². The van der Waals surface area contributed by atoms with E-state index < -0.39 is 79.3 Å². The quantitative estimate of drug-likeness (QED) is 0.0786. The molecule has 0 unspecified atom stereocenters. The Bertz CT molecular complexity index is 1840. The number of rotatable bonds is 19. The summed E-state index contributed by atoms with van der Waals surface area (Å²) in [6.07, 6.45) is -0.390. The van der Waals surface area contributed by atoms with Crippen LogP contribution in [-0.4, -0.2) is 91.6 Å². The van der Waals surface area contributed by atoms with Crippen LogP contribution >= 0.6 is 0 Å². The van der Waals surface area contributed by atoms with Crippen molar-refractivity contribution < 1.29 is 43.4 Å². The van der Waals surface area contributed by atoms with Crippen LogP contribution in [0.25, 0.3) is 11.1 Å². The molecule has 1 aliphatic rings. The van der Waals surface area contributed by atoms with E-state index in [1.54, 1.807) is 38.1 Å². The number of nitrogens with two attached hydrogens (primary N) is 1. The number of aliphatic hydroxyl groups is 1. The van der Waals surface area contributed by atoms with Crippen molar-refractivity contribution in [2.24, 2.45) is 11.7 Å². The third kappa shape index (κ3) is 12.5. The minimum Gasteiger partial charge on any atom is -0.449 e. The molecule has 3 aromatic carbocycles. The van der Waals surface area contributed by atoms with Gasteiger partial charge in [0.2, 0.25) is 29.5 Å². The van der Waals surface area contributed by atoms with Gasteiger partial charge in [0.1, 0.15) is 25.2 Å². The van der Waals surface area contributed by atoms with Crippen molar-refractivity contribution in [2.45, 2.75) is 51.3 Å². The van der Waals surface area contributed by atoms with Crippen LogP contribution in [-0.2, 0) is 35.3 Å². The lowest BCUT2D eigenvalue weighted by Crippen LogP contribution is -2.56. The highest BCUT2D eigenvalue weighted by molar-refractivity contribution is 5.99. The number of hydrogen-bond acceptors (Lipinski definition) is 9. The lowest BCUT2D eigenvalue weighted by molar-refractivity contribution is -0.132. The van der Waals surface area contributed by atoms with Gasteiger partial charge in [0.25, 0.3) is 0 Å². The van der Waals surface area contributed by atoms with Crippen LogP contribution in [0.4, 0.5) is 15.3 Å². The highest BCUT2D eigenvalue weighted by Gasteiger charge is 2.30. The van der Waals surface area contributed by atoms with Gasteiger partial charge in [-0.15, -0.1) is 0 Å². The largest absolute Gasteiger partial charge is 0.449 e. The summed E-state index contributed by atoms with van der Waals surface area (Å²) in [5.74, 6) is -3.85. The fourth-order valence-electron chi connectivity index (χ4n) is 6.01. The van der Waals surface area contributed by atoms with Gasteiger partial charge in [-0.25, -0.2) is 9.59 Å². The molecule has 0 spiro atoms. The summed E-state index contributed by atoms with van der Waals surface area (Å²) in [5.41, 5.74) is 10.4. The fourth-order valence-corrected chi connectivity index (χ4v) is 6.01. The number of carbonyl (C=O) groups is 7. The molecule has 0 aromatic heterocycles. The second-order valence-electron chi connectivity index (χ2n) is 13.4. The zero-order valence-corrected chi connectivity index (χ0v) is 31.2. The molecule has 0 saturated carbocycles. The van der Waals surface area contributed by atoms with Crippen molar-refractivity contribution in [2.75, 3.05) is 38.1 Å². The second kappa shape index (κ2) is 20.8. The molecule has 298 valence electrons. The number of benzene rings is 3. The summed E-state index contributed by atoms with van der Waals surface area (Å²) in [6.45, 7) is 1.96. The van der Waals surface area contributed by atoms with E-state index in [0.717, 1.165) is 22.3 Å². The molecule has 0 fully saturated rings.